The molecule has 2 nitrogen and oxygen atoms in total. The molecule has 0 bridgehead atoms. The fourth-order valence-corrected chi connectivity index (χ4v) is 3.95. The zero-order valence-electron chi connectivity index (χ0n) is 8.13. The number of likely N-dealkylation sites (tertiary alicyclic amines) is 1. The van der Waals surface area contributed by atoms with Crippen LogP contribution in [-0.2, 0) is 0 Å². The maximum atomic E-state index is 3.48. The molecule has 1 N–H and O–H groups in total. The summed E-state index contributed by atoms with van der Waals surface area (Å²) in [7, 11) is 0. The molecule has 2 heterocycles. The lowest BCUT2D eigenvalue weighted by Gasteiger charge is -2.56. The van der Waals surface area contributed by atoms with E-state index in [4.69, 9.17) is 0 Å². The largest absolute Gasteiger partial charge is 0.316 e. The molecule has 2 aliphatic heterocycles. The zero-order chi connectivity index (χ0) is 8.47. The molecule has 4 aliphatic rings. The van der Waals surface area contributed by atoms with Gasteiger partial charge in [0.05, 0.1) is 0 Å². The van der Waals surface area contributed by atoms with Crippen molar-refractivity contribution in [2.75, 3.05) is 26.2 Å². The summed E-state index contributed by atoms with van der Waals surface area (Å²) < 4.78 is 0. The van der Waals surface area contributed by atoms with Gasteiger partial charge in [-0.1, -0.05) is 6.42 Å². The standard InChI is InChI=1S/C11H18N2/c1-2-11(3-1)6-13(7-11)10-8-4-12-5-9(8)10/h8-10,12H,1-7H2. The minimum atomic E-state index is 0.838. The third-order valence-electron chi connectivity index (χ3n) is 4.96. The van der Waals surface area contributed by atoms with Crippen LogP contribution in [0.3, 0.4) is 0 Å². The predicted octanol–water partition coefficient (Wildman–Crippen LogP) is 0.690. The first-order valence-corrected chi connectivity index (χ1v) is 5.83. The van der Waals surface area contributed by atoms with Crippen molar-refractivity contribution in [2.24, 2.45) is 17.3 Å². The number of fused-ring (bicyclic) bond motifs is 1. The van der Waals surface area contributed by atoms with E-state index < -0.39 is 0 Å². The lowest BCUT2D eigenvalue weighted by molar-refractivity contribution is -0.0699. The third-order valence-corrected chi connectivity index (χ3v) is 4.96. The number of hydrogen-bond acceptors (Lipinski definition) is 2. The number of hydrogen-bond donors (Lipinski definition) is 1. The van der Waals surface area contributed by atoms with E-state index in [1.807, 2.05) is 0 Å². The van der Waals surface area contributed by atoms with Crippen molar-refractivity contribution >= 4 is 0 Å². The van der Waals surface area contributed by atoms with Crippen molar-refractivity contribution in [3.8, 4) is 0 Å². The van der Waals surface area contributed by atoms with Gasteiger partial charge in [-0.3, -0.25) is 4.90 Å². The van der Waals surface area contributed by atoms with Gasteiger partial charge in [-0.2, -0.15) is 0 Å². The molecule has 0 aromatic carbocycles. The van der Waals surface area contributed by atoms with Crippen molar-refractivity contribution in [1.82, 2.24) is 10.2 Å². The molecular weight excluding hydrogens is 160 g/mol. The molecule has 2 aliphatic carbocycles. The van der Waals surface area contributed by atoms with Crippen LogP contribution in [0.4, 0.5) is 0 Å². The quantitative estimate of drug-likeness (QED) is 0.635. The van der Waals surface area contributed by atoms with Gasteiger partial charge in [0.2, 0.25) is 0 Å². The number of nitrogens with one attached hydrogen (secondary N) is 1. The van der Waals surface area contributed by atoms with E-state index >= 15 is 0 Å². The first-order valence-electron chi connectivity index (χ1n) is 5.83. The monoisotopic (exact) mass is 178 g/mol. The van der Waals surface area contributed by atoms with E-state index in [2.05, 4.69) is 10.2 Å². The van der Waals surface area contributed by atoms with Crippen LogP contribution in [0.5, 0.6) is 0 Å². The minimum Gasteiger partial charge on any atom is -0.316 e. The first kappa shape index (κ1) is 7.24. The van der Waals surface area contributed by atoms with Crippen molar-refractivity contribution in [3.63, 3.8) is 0 Å². The lowest BCUT2D eigenvalue weighted by Crippen LogP contribution is -2.61. The molecule has 0 aromatic heterocycles. The van der Waals surface area contributed by atoms with Gasteiger partial charge in [0.1, 0.15) is 0 Å². The summed E-state index contributed by atoms with van der Waals surface area (Å²) in [6.07, 6.45) is 4.57. The number of rotatable bonds is 1. The normalized spacial score (nSPS) is 51.2. The summed E-state index contributed by atoms with van der Waals surface area (Å²) in [5.41, 5.74) is 0.838. The van der Waals surface area contributed by atoms with Crippen molar-refractivity contribution in [1.29, 1.82) is 0 Å². The summed E-state index contributed by atoms with van der Waals surface area (Å²) in [5.74, 6) is 2.08. The fourth-order valence-electron chi connectivity index (χ4n) is 3.95. The van der Waals surface area contributed by atoms with Crippen LogP contribution in [0.2, 0.25) is 0 Å². The van der Waals surface area contributed by atoms with E-state index in [-0.39, 0.29) is 0 Å². The highest BCUT2D eigenvalue weighted by Gasteiger charge is 2.61. The molecule has 0 aromatic rings. The van der Waals surface area contributed by atoms with Gasteiger partial charge in [0.25, 0.3) is 0 Å². The fraction of sp³-hybridized carbons (Fsp3) is 1.00. The Morgan fingerprint density at radius 1 is 1.08 bits per heavy atom. The molecule has 2 unspecified atom stereocenters. The van der Waals surface area contributed by atoms with Gasteiger partial charge in [-0.05, 0) is 43.2 Å². The molecular formula is C11H18N2. The molecule has 0 amide bonds. The highest BCUT2D eigenvalue weighted by molar-refractivity contribution is 5.15. The van der Waals surface area contributed by atoms with Crippen LogP contribution in [0.25, 0.3) is 0 Å². The Kier molecular flexibility index (Phi) is 1.18. The van der Waals surface area contributed by atoms with Gasteiger partial charge in [0, 0.05) is 19.1 Å². The average Bonchev–Trinajstić information content (AvgIpc) is 2.48. The Morgan fingerprint density at radius 3 is 2.31 bits per heavy atom. The Hall–Kier alpha value is -0.0800. The van der Waals surface area contributed by atoms with E-state index in [9.17, 15) is 0 Å². The minimum absolute atomic E-state index is 0.838. The van der Waals surface area contributed by atoms with E-state index in [1.54, 1.807) is 0 Å². The molecule has 2 saturated carbocycles. The second kappa shape index (κ2) is 2.12. The van der Waals surface area contributed by atoms with Crippen molar-refractivity contribution < 1.29 is 0 Å². The van der Waals surface area contributed by atoms with E-state index in [0.29, 0.717) is 0 Å². The Morgan fingerprint density at radius 2 is 1.77 bits per heavy atom. The maximum absolute atomic E-state index is 3.48. The van der Waals surface area contributed by atoms with Crippen LogP contribution in [-0.4, -0.2) is 37.1 Å². The third kappa shape index (κ3) is 0.816. The molecule has 0 radical (unpaired) electrons. The summed E-state index contributed by atoms with van der Waals surface area (Å²) in [6.45, 7) is 5.51. The maximum Gasteiger partial charge on any atom is 0.0184 e. The van der Waals surface area contributed by atoms with Crippen LogP contribution < -0.4 is 5.32 Å². The van der Waals surface area contributed by atoms with Crippen LogP contribution in [0.1, 0.15) is 19.3 Å². The summed E-state index contributed by atoms with van der Waals surface area (Å²) in [4.78, 5) is 2.77. The number of piperidine rings is 1. The molecule has 13 heavy (non-hydrogen) atoms. The summed E-state index contributed by atoms with van der Waals surface area (Å²) in [6, 6.07) is 1.01. The number of nitrogens with zero attached hydrogens (tertiary/aromatic N) is 1. The second-order valence-corrected chi connectivity index (χ2v) is 5.74. The predicted molar refractivity (Wildman–Crippen MR) is 51.5 cm³/mol. The smallest absolute Gasteiger partial charge is 0.0184 e. The molecule has 4 rings (SSSR count). The van der Waals surface area contributed by atoms with Gasteiger partial charge in [0.15, 0.2) is 0 Å². The van der Waals surface area contributed by atoms with Crippen LogP contribution in [0, 0.1) is 17.3 Å². The van der Waals surface area contributed by atoms with Crippen molar-refractivity contribution in [3.05, 3.63) is 0 Å². The highest BCUT2D eigenvalue weighted by atomic mass is 15.3. The van der Waals surface area contributed by atoms with E-state index in [1.165, 1.54) is 45.4 Å². The highest BCUT2D eigenvalue weighted by Crippen LogP contribution is 2.55. The Balaban J connectivity index is 1.40. The second-order valence-electron chi connectivity index (χ2n) is 5.74. The van der Waals surface area contributed by atoms with Crippen LogP contribution >= 0.6 is 0 Å². The summed E-state index contributed by atoms with van der Waals surface area (Å²) in [5, 5.41) is 3.48. The van der Waals surface area contributed by atoms with Crippen molar-refractivity contribution in [2.45, 2.75) is 25.3 Å². The van der Waals surface area contributed by atoms with Gasteiger partial charge < -0.3 is 5.32 Å². The Bertz CT molecular complexity index is 228. The molecule has 1 spiro atoms. The Labute approximate surface area is 79.7 Å². The van der Waals surface area contributed by atoms with Crippen LogP contribution in [0.15, 0.2) is 0 Å². The van der Waals surface area contributed by atoms with Gasteiger partial charge >= 0.3 is 0 Å². The molecule has 2 atom stereocenters. The zero-order valence-corrected chi connectivity index (χ0v) is 8.13. The van der Waals surface area contributed by atoms with Gasteiger partial charge in [-0.15, -0.1) is 0 Å². The first-order chi connectivity index (χ1) is 6.38. The molecule has 4 fully saturated rings. The molecule has 72 valence electrons. The SMILES string of the molecule is C1CC2(C1)CN(C1C3CNCC31)C2. The molecule has 2 saturated heterocycles. The topological polar surface area (TPSA) is 15.3 Å². The molecule has 2 heteroatoms. The van der Waals surface area contributed by atoms with Gasteiger partial charge in [-0.25, -0.2) is 0 Å². The lowest BCUT2D eigenvalue weighted by atomic mass is 9.63. The average molecular weight is 178 g/mol. The van der Waals surface area contributed by atoms with E-state index in [0.717, 1.165) is 23.3 Å². The summed E-state index contributed by atoms with van der Waals surface area (Å²) >= 11 is 0.